The van der Waals surface area contributed by atoms with Gasteiger partial charge >= 0.3 is 5.97 Å². The van der Waals surface area contributed by atoms with Gasteiger partial charge < -0.3 is 58.1 Å². The zero-order valence-corrected chi connectivity index (χ0v) is 34.4. The largest absolute Gasteiger partial charge is 0.459 e. The van der Waals surface area contributed by atoms with Crippen molar-refractivity contribution in [3.8, 4) is 0 Å². The molecule has 0 amide bonds. The third-order valence-corrected chi connectivity index (χ3v) is 13.3. The lowest BCUT2D eigenvalue weighted by molar-refractivity contribution is -0.921. The van der Waals surface area contributed by atoms with Gasteiger partial charge in [0.1, 0.15) is 37.1 Å². The number of ether oxygens (including phenoxy) is 7. The molecule has 310 valence electrons. The van der Waals surface area contributed by atoms with Crippen molar-refractivity contribution < 1.29 is 67.3 Å². The van der Waals surface area contributed by atoms with Gasteiger partial charge in [0.05, 0.1) is 67.8 Å². The average Bonchev–Trinajstić information content (AvgIpc) is 3.40. The molecule has 4 aliphatic rings. The van der Waals surface area contributed by atoms with E-state index in [-0.39, 0.29) is 35.9 Å². The van der Waals surface area contributed by atoms with Gasteiger partial charge in [-0.2, -0.15) is 0 Å². The molecule has 53 heavy (non-hydrogen) atoms. The Bertz CT molecular complexity index is 1230. The molecule has 13 nitrogen and oxygen atoms in total. The highest BCUT2D eigenvalue weighted by Crippen LogP contribution is 2.48. The van der Waals surface area contributed by atoms with E-state index in [9.17, 15) is 29.6 Å². The molecule has 4 fully saturated rings. The van der Waals surface area contributed by atoms with Crippen LogP contribution in [0, 0.1) is 23.7 Å². The lowest BCUT2D eigenvalue weighted by Gasteiger charge is -2.50. The first-order chi connectivity index (χ1) is 24.5. The summed E-state index contributed by atoms with van der Waals surface area (Å²) in [6.07, 6.45) is -8.43. The predicted molar refractivity (Wildman–Crippen MR) is 193 cm³/mol. The number of hydrogen-bond acceptors (Lipinski definition) is 12. The topological polar surface area (TPSA) is 163 Å². The fourth-order valence-electron chi connectivity index (χ4n) is 9.77. The Labute approximate surface area is 316 Å². The number of carbonyl (C=O) groups is 1. The van der Waals surface area contributed by atoms with Crippen LogP contribution in [-0.2, 0) is 38.0 Å². The van der Waals surface area contributed by atoms with Crippen molar-refractivity contribution in [3.05, 3.63) is 0 Å². The highest BCUT2D eigenvalue weighted by atomic mass is 19.1. The Hall–Kier alpha value is -1.04. The Balaban J connectivity index is 1.84. The van der Waals surface area contributed by atoms with Gasteiger partial charge in [0, 0.05) is 31.8 Å². The Morgan fingerprint density at radius 2 is 1.58 bits per heavy atom. The van der Waals surface area contributed by atoms with Crippen LogP contribution >= 0.6 is 0 Å². The monoisotopic (exact) mass is 764 g/mol. The van der Waals surface area contributed by atoms with E-state index < -0.39 is 115 Å². The maximum Gasteiger partial charge on any atom is 0.311 e. The summed E-state index contributed by atoms with van der Waals surface area (Å²) in [5.74, 6) is -2.93. The molecule has 4 heterocycles. The summed E-state index contributed by atoms with van der Waals surface area (Å²) < 4.78 is 58.9. The van der Waals surface area contributed by atoms with Gasteiger partial charge in [-0.3, -0.25) is 4.79 Å². The molecule has 0 aromatic carbocycles. The van der Waals surface area contributed by atoms with Crippen LogP contribution in [0.1, 0.15) is 94.9 Å². The Kier molecular flexibility index (Phi) is 14.2. The number of methoxy groups -OCH3 is 1. The molecule has 2 bridgehead atoms. The van der Waals surface area contributed by atoms with Crippen LogP contribution < -0.4 is 0 Å². The highest BCUT2D eigenvalue weighted by molar-refractivity contribution is 5.73. The number of halogens is 1. The summed E-state index contributed by atoms with van der Waals surface area (Å²) in [7, 11) is 5.29. The number of fused-ring (bicyclic) bond motifs is 2. The number of rotatable bonds is 9. The summed E-state index contributed by atoms with van der Waals surface area (Å²) in [6, 6.07) is -0.395. The molecule has 0 spiro atoms. The molecule has 4 N–H and O–H groups in total. The summed E-state index contributed by atoms with van der Waals surface area (Å²) in [5, 5.41) is 46.3. The van der Waals surface area contributed by atoms with Crippen molar-refractivity contribution in [3.63, 3.8) is 0 Å². The number of nitrogens with zero attached hydrogens (tertiary/aromatic N) is 1. The molecule has 0 unspecified atom stereocenters. The maximum atomic E-state index is 14.2. The lowest BCUT2D eigenvalue weighted by atomic mass is 9.76. The van der Waals surface area contributed by atoms with Crippen molar-refractivity contribution in [2.45, 2.75) is 185 Å². The van der Waals surface area contributed by atoms with Crippen molar-refractivity contribution >= 4 is 5.97 Å². The zero-order valence-electron chi connectivity index (χ0n) is 34.4. The third kappa shape index (κ3) is 8.93. The second kappa shape index (κ2) is 16.8. The number of quaternary nitrogens is 1. The van der Waals surface area contributed by atoms with Crippen molar-refractivity contribution in [1.29, 1.82) is 0 Å². The second-order valence-electron chi connectivity index (χ2n) is 18.0. The van der Waals surface area contributed by atoms with Gasteiger partial charge in [-0.15, -0.1) is 0 Å². The first-order valence-corrected chi connectivity index (χ1v) is 19.7. The summed E-state index contributed by atoms with van der Waals surface area (Å²) >= 11 is 0. The number of aliphatic hydroxyl groups is 4. The number of alkyl halides is 1. The van der Waals surface area contributed by atoms with Gasteiger partial charge in [0.25, 0.3) is 0 Å². The quantitative estimate of drug-likeness (QED) is 0.201. The molecule has 0 radical (unpaired) electrons. The van der Waals surface area contributed by atoms with Gasteiger partial charge in [-0.05, 0) is 60.3 Å². The molecule has 0 aromatic heterocycles. The van der Waals surface area contributed by atoms with E-state index in [0.717, 1.165) is 0 Å². The molecule has 0 saturated carbocycles. The van der Waals surface area contributed by atoms with E-state index in [4.69, 9.17) is 33.2 Å². The molecule has 4 aliphatic heterocycles. The molecular formula is C39H71FNO12+. The van der Waals surface area contributed by atoms with E-state index in [1.54, 1.807) is 27.7 Å². The first kappa shape index (κ1) is 44.7. The highest BCUT2D eigenvalue weighted by Gasteiger charge is 2.58. The first-order valence-electron chi connectivity index (χ1n) is 19.7. The van der Waals surface area contributed by atoms with E-state index in [1.807, 2.05) is 48.7 Å². The normalized spacial score (nSPS) is 50.5. The Morgan fingerprint density at radius 1 is 0.943 bits per heavy atom. The predicted octanol–water partition coefficient (Wildman–Crippen LogP) is 3.11. The van der Waals surface area contributed by atoms with Gasteiger partial charge in [-0.25, -0.2) is 4.39 Å². The molecule has 0 aromatic rings. The van der Waals surface area contributed by atoms with Crippen LogP contribution in [0.3, 0.4) is 0 Å². The number of likely N-dealkylation sites (N-methyl/N-ethyl adjacent to an activating group) is 1. The fourth-order valence-corrected chi connectivity index (χ4v) is 9.77. The molecular weight excluding hydrogens is 693 g/mol. The Morgan fingerprint density at radius 3 is 2.17 bits per heavy atom. The minimum absolute atomic E-state index is 0.100. The smallest absolute Gasteiger partial charge is 0.311 e. The lowest BCUT2D eigenvalue weighted by Crippen LogP contribution is -2.64. The minimum Gasteiger partial charge on any atom is -0.459 e. The van der Waals surface area contributed by atoms with E-state index in [2.05, 4.69) is 0 Å². The molecule has 4 saturated heterocycles. The number of aliphatic hydroxyl groups excluding tert-OH is 3. The van der Waals surface area contributed by atoms with Gasteiger partial charge in [0.15, 0.2) is 18.7 Å². The standard InChI is InChI=1S/C39H71FNO12/c1-14-27-39(10,46)32(43)22(4)30-20(2)18-38(9,53-30)34(52-36-29(42)26(17-21(3)48-36)41(11,12)16-15-40)23(5)31(24(6)35(45)50-27)51-28-19-37(8,47-13)33(44)25(7)49-28/h20-34,36,42-44,46H,14-19H2,1-13H3/q+1/t20-,21-,22+,23+,24-,25+,26+,27-,28+,29-,30-,31+,32-,33+,34-,36+,37-,38-,39-/m1/s1. The summed E-state index contributed by atoms with van der Waals surface area (Å²) in [6.45, 7) is 17.7. The molecule has 0 aliphatic carbocycles. The third-order valence-electron chi connectivity index (χ3n) is 13.3. The molecule has 19 atom stereocenters. The van der Waals surface area contributed by atoms with Crippen LogP contribution in [0.25, 0.3) is 0 Å². The van der Waals surface area contributed by atoms with Crippen molar-refractivity contribution in [1.82, 2.24) is 0 Å². The van der Waals surface area contributed by atoms with Crippen LogP contribution in [0.2, 0.25) is 0 Å². The van der Waals surface area contributed by atoms with Crippen LogP contribution in [0.15, 0.2) is 0 Å². The SMILES string of the molecule is CC[C@H]1OC(=O)[C@H](C)[C@@H](O[C@H]2C[C@@](C)(OC)[C@@H](O)[C@H](C)O2)[C@H](C)[C@@H](O[C@@H]2O[C@H](C)C[C@H]([N+](C)(C)CCF)[C@H]2O)[C@@]2(C)C[C@@H](C)[C@@H](O2)[C@H](C)[C@@H](O)[C@]1(C)O. The van der Waals surface area contributed by atoms with Crippen molar-refractivity contribution in [2.24, 2.45) is 23.7 Å². The minimum atomic E-state index is -1.81. The van der Waals surface area contributed by atoms with E-state index in [1.165, 1.54) is 14.0 Å². The van der Waals surface area contributed by atoms with E-state index in [0.29, 0.717) is 12.8 Å². The van der Waals surface area contributed by atoms with Gasteiger partial charge in [0.2, 0.25) is 0 Å². The maximum absolute atomic E-state index is 14.2. The summed E-state index contributed by atoms with van der Waals surface area (Å²) in [5.41, 5.74) is -3.88. The number of carbonyl (C=O) groups excluding carboxylic acids is 1. The van der Waals surface area contributed by atoms with Gasteiger partial charge in [-0.1, -0.05) is 27.7 Å². The average molecular weight is 765 g/mol. The zero-order chi connectivity index (χ0) is 40.0. The van der Waals surface area contributed by atoms with Crippen LogP contribution in [0.4, 0.5) is 4.39 Å². The number of hydrogen-bond donors (Lipinski definition) is 4. The van der Waals surface area contributed by atoms with Crippen LogP contribution in [0.5, 0.6) is 0 Å². The van der Waals surface area contributed by atoms with Crippen LogP contribution in [-0.4, -0.2) is 156 Å². The van der Waals surface area contributed by atoms with Crippen molar-refractivity contribution in [2.75, 3.05) is 34.4 Å². The summed E-state index contributed by atoms with van der Waals surface area (Å²) in [4.78, 5) is 14.2. The molecule has 4 rings (SSSR count). The van der Waals surface area contributed by atoms with E-state index >= 15 is 0 Å². The number of esters is 1. The second-order valence-corrected chi connectivity index (χ2v) is 18.0. The fraction of sp³-hybridized carbons (Fsp3) is 0.974. The number of cyclic esters (lactones) is 1. The molecule has 14 heteroatoms.